The van der Waals surface area contributed by atoms with Gasteiger partial charge in [-0.1, -0.05) is 233 Å². The first-order valence-electron chi connectivity index (χ1n) is 30.0. The summed E-state index contributed by atoms with van der Waals surface area (Å²) in [5.41, 5.74) is 0. The number of allylic oxidation sites excluding steroid dienone is 16. The van der Waals surface area contributed by atoms with Gasteiger partial charge in [0.15, 0.2) is 6.10 Å². The Balaban J connectivity index is 4.21. The molecule has 426 valence electrons. The standard InChI is InChI=1S/C64H112NO8P/c1-6-8-10-12-14-16-18-20-22-24-26-28-30-32-34-36-38-40-42-44-46-48-50-52-54-56-63(66)70-60-62(61-72-74(68,69)71-59-58-65(3,4)5)73-64(67)57-55-53-51-49-47-45-43-41-39-37-35-33-31-29-27-25-23-21-19-17-15-13-11-9-7-2/h9,11,15,17-18,20-21,23-24,26-27,29,33,35,39,41,62H,6-8,10,12-14,16,19,22,25,28,30-32,34,36-38,40,42-61H2,1-5H3/p+1/b11-9-,17-15-,20-18-,23-21-,26-24-,29-27-,35-33-,41-39-. The Morgan fingerprint density at radius 3 is 1.15 bits per heavy atom. The van der Waals surface area contributed by atoms with E-state index in [0.717, 1.165) is 103 Å². The highest BCUT2D eigenvalue weighted by Gasteiger charge is 2.27. The number of carbonyl (C=O) groups excluding carboxylic acids is 2. The van der Waals surface area contributed by atoms with E-state index in [0.29, 0.717) is 17.4 Å². The fraction of sp³-hybridized carbons (Fsp3) is 0.719. The van der Waals surface area contributed by atoms with Crippen LogP contribution in [0.2, 0.25) is 0 Å². The van der Waals surface area contributed by atoms with E-state index in [2.05, 4.69) is 111 Å². The molecule has 0 aliphatic rings. The summed E-state index contributed by atoms with van der Waals surface area (Å²) in [7, 11) is 1.46. The first-order valence-corrected chi connectivity index (χ1v) is 31.5. The average Bonchev–Trinajstić information content (AvgIpc) is 3.36. The Morgan fingerprint density at radius 1 is 0.432 bits per heavy atom. The fourth-order valence-electron chi connectivity index (χ4n) is 7.99. The molecule has 0 amide bonds. The number of hydrogen-bond acceptors (Lipinski definition) is 7. The summed E-state index contributed by atoms with van der Waals surface area (Å²) in [5.74, 6) is -0.816. The van der Waals surface area contributed by atoms with Crippen molar-refractivity contribution in [2.75, 3.05) is 47.5 Å². The monoisotopic (exact) mass is 1050 g/mol. The van der Waals surface area contributed by atoms with E-state index in [-0.39, 0.29) is 32.0 Å². The highest BCUT2D eigenvalue weighted by molar-refractivity contribution is 7.47. The van der Waals surface area contributed by atoms with Gasteiger partial charge in [0, 0.05) is 12.8 Å². The summed E-state index contributed by atoms with van der Waals surface area (Å²) in [5, 5.41) is 0. The predicted octanol–water partition coefficient (Wildman–Crippen LogP) is 18.8. The predicted molar refractivity (Wildman–Crippen MR) is 316 cm³/mol. The van der Waals surface area contributed by atoms with Crippen molar-refractivity contribution in [2.24, 2.45) is 0 Å². The van der Waals surface area contributed by atoms with Crippen LogP contribution < -0.4 is 0 Å². The number of hydrogen-bond donors (Lipinski definition) is 1. The Kier molecular flexibility index (Phi) is 52.4. The molecule has 74 heavy (non-hydrogen) atoms. The first-order chi connectivity index (χ1) is 36.0. The fourth-order valence-corrected chi connectivity index (χ4v) is 8.73. The van der Waals surface area contributed by atoms with Gasteiger partial charge in [0.2, 0.25) is 0 Å². The van der Waals surface area contributed by atoms with Gasteiger partial charge >= 0.3 is 19.8 Å². The zero-order valence-corrected chi connectivity index (χ0v) is 49.2. The van der Waals surface area contributed by atoms with Gasteiger partial charge in [-0.25, -0.2) is 4.57 Å². The Morgan fingerprint density at radius 2 is 0.770 bits per heavy atom. The molecule has 9 nitrogen and oxygen atoms in total. The largest absolute Gasteiger partial charge is 0.472 e. The van der Waals surface area contributed by atoms with Crippen molar-refractivity contribution in [3.63, 3.8) is 0 Å². The highest BCUT2D eigenvalue weighted by Crippen LogP contribution is 2.43. The molecule has 0 rings (SSSR count). The summed E-state index contributed by atoms with van der Waals surface area (Å²) in [6, 6.07) is 0. The molecular weight excluding hydrogens is 942 g/mol. The number of ether oxygens (including phenoxy) is 2. The number of nitrogens with zero attached hydrogens (tertiary/aromatic N) is 1. The average molecular weight is 1060 g/mol. The number of rotatable bonds is 54. The molecule has 0 aliphatic heterocycles. The SMILES string of the molecule is CC/C=C\C/C=C\C/C=C\C/C=C\C/C=C\C/C=C\CCCCCCCCC(=O)OC(COC(=O)CCCCCCCCCCCCCCC/C=C\C/C=C\CCCCCCC)COP(=O)(O)OCC[N+](C)(C)C. The summed E-state index contributed by atoms with van der Waals surface area (Å²) in [6.45, 7) is 4.30. The molecule has 0 spiro atoms. The summed E-state index contributed by atoms with van der Waals surface area (Å²) < 4.78 is 34.6. The van der Waals surface area contributed by atoms with Crippen LogP contribution in [0.4, 0.5) is 0 Å². The van der Waals surface area contributed by atoms with Crippen LogP contribution in [0.3, 0.4) is 0 Å². The van der Waals surface area contributed by atoms with Gasteiger partial charge in [0.05, 0.1) is 27.7 Å². The molecule has 0 aromatic rings. The first kappa shape index (κ1) is 70.9. The van der Waals surface area contributed by atoms with Gasteiger partial charge in [-0.3, -0.25) is 18.6 Å². The summed E-state index contributed by atoms with van der Waals surface area (Å²) in [6.07, 6.45) is 74.7. The van der Waals surface area contributed by atoms with E-state index >= 15 is 0 Å². The third-order valence-electron chi connectivity index (χ3n) is 12.6. The number of esters is 2. The Labute approximate surface area is 455 Å². The minimum Gasteiger partial charge on any atom is -0.462 e. The minimum atomic E-state index is -4.40. The van der Waals surface area contributed by atoms with E-state index in [9.17, 15) is 19.0 Å². The van der Waals surface area contributed by atoms with Crippen molar-refractivity contribution in [1.82, 2.24) is 0 Å². The second-order valence-corrected chi connectivity index (χ2v) is 22.5. The van der Waals surface area contributed by atoms with E-state index < -0.39 is 26.5 Å². The van der Waals surface area contributed by atoms with Crippen LogP contribution in [-0.2, 0) is 32.7 Å². The molecule has 10 heteroatoms. The van der Waals surface area contributed by atoms with Gasteiger partial charge in [-0.2, -0.15) is 0 Å². The number of phosphoric acid groups is 1. The number of unbranched alkanes of at least 4 members (excludes halogenated alkanes) is 24. The molecule has 0 aromatic carbocycles. The molecular formula is C64H113NO8P+. The molecule has 2 unspecified atom stereocenters. The van der Waals surface area contributed by atoms with Gasteiger partial charge in [-0.15, -0.1) is 0 Å². The van der Waals surface area contributed by atoms with Crippen LogP contribution >= 0.6 is 7.82 Å². The van der Waals surface area contributed by atoms with Crippen LogP contribution in [0.5, 0.6) is 0 Å². The molecule has 0 aromatic heterocycles. The molecule has 0 saturated heterocycles. The van der Waals surface area contributed by atoms with Crippen LogP contribution in [0.1, 0.15) is 245 Å². The third-order valence-corrected chi connectivity index (χ3v) is 13.6. The van der Waals surface area contributed by atoms with Gasteiger partial charge in [-0.05, 0) is 96.3 Å². The Hall–Kier alpha value is -3.07. The van der Waals surface area contributed by atoms with Gasteiger partial charge in [0.1, 0.15) is 19.8 Å². The van der Waals surface area contributed by atoms with Crippen LogP contribution in [0, 0.1) is 0 Å². The quantitative estimate of drug-likeness (QED) is 0.0211. The van der Waals surface area contributed by atoms with Crippen LogP contribution in [-0.4, -0.2) is 74.9 Å². The maximum atomic E-state index is 12.8. The Bertz CT molecular complexity index is 1570. The minimum absolute atomic E-state index is 0.0239. The lowest BCUT2D eigenvalue weighted by atomic mass is 10.0. The number of quaternary nitrogens is 1. The van der Waals surface area contributed by atoms with Gasteiger partial charge in [0.25, 0.3) is 0 Å². The third kappa shape index (κ3) is 58.2. The van der Waals surface area contributed by atoms with Crippen LogP contribution in [0.15, 0.2) is 97.2 Å². The second-order valence-electron chi connectivity index (χ2n) is 21.0. The van der Waals surface area contributed by atoms with Crippen LogP contribution in [0.25, 0.3) is 0 Å². The number of likely N-dealkylation sites (N-methyl/N-ethyl adjacent to an activating group) is 1. The van der Waals surface area contributed by atoms with E-state index in [1.165, 1.54) is 109 Å². The maximum Gasteiger partial charge on any atom is 0.472 e. The molecule has 0 heterocycles. The zero-order chi connectivity index (χ0) is 54.2. The van der Waals surface area contributed by atoms with E-state index in [1.54, 1.807) is 0 Å². The molecule has 1 N–H and O–H groups in total. The number of carbonyl (C=O) groups is 2. The van der Waals surface area contributed by atoms with Crippen molar-refractivity contribution in [1.29, 1.82) is 0 Å². The van der Waals surface area contributed by atoms with Crippen molar-refractivity contribution in [2.45, 2.75) is 251 Å². The molecule has 0 bridgehead atoms. The maximum absolute atomic E-state index is 12.8. The lowest BCUT2D eigenvalue weighted by molar-refractivity contribution is -0.870. The normalized spacial score (nSPS) is 14.0. The van der Waals surface area contributed by atoms with Crippen molar-refractivity contribution in [3.8, 4) is 0 Å². The molecule has 0 fully saturated rings. The van der Waals surface area contributed by atoms with E-state index in [4.69, 9.17) is 18.5 Å². The molecule has 0 radical (unpaired) electrons. The lowest BCUT2D eigenvalue weighted by Crippen LogP contribution is -2.37. The topological polar surface area (TPSA) is 108 Å². The smallest absolute Gasteiger partial charge is 0.462 e. The molecule has 0 aliphatic carbocycles. The van der Waals surface area contributed by atoms with Gasteiger partial charge < -0.3 is 18.9 Å². The van der Waals surface area contributed by atoms with Crippen molar-refractivity contribution in [3.05, 3.63) is 97.2 Å². The summed E-state index contributed by atoms with van der Waals surface area (Å²) in [4.78, 5) is 35.7. The van der Waals surface area contributed by atoms with Crippen molar-refractivity contribution < 1.29 is 42.1 Å². The molecule has 2 atom stereocenters. The summed E-state index contributed by atoms with van der Waals surface area (Å²) >= 11 is 0. The second kappa shape index (κ2) is 54.7. The lowest BCUT2D eigenvalue weighted by Gasteiger charge is -2.24. The van der Waals surface area contributed by atoms with E-state index in [1.807, 2.05) is 21.1 Å². The number of phosphoric ester groups is 1. The zero-order valence-electron chi connectivity index (χ0n) is 48.3. The molecule has 0 saturated carbocycles. The van der Waals surface area contributed by atoms with Crippen molar-refractivity contribution >= 4 is 19.8 Å². The highest BCUT2D eigenvalue weighted by atomic mass is 31.2.